The summed E-state index contributed by atoms with van der Waals surface area (Å²) < 4.78 is 28.3. The van der Waals surface area contributed by atoms with Crippen LogP contribution in [-0.2, 0) is 11.1 Å². The average Bonchev–Trinajstić information content (AvgIpc) is 3.41. The van der Waals surface area contributed by atoms with E-state index in [-0.39, 0.29) is 30.4 Å². The molecule has 0 spiro atoms. The van der Waals surface area contributed by atoms with E-state index in [9.17, 15) is 14.3 Å². The normalized spacial score (nSPS) is 19.2. The topological polar surface area (TPSA) is 125 Å². The summed E-state index contributed by atoms with van der Waals surface area (Å²) in [4.78, 5) is 27.1. The fourth-order valence-electron chi connectivity index (χ4n) is 6.04. The summed E-state index contributed by atoms with van der Waals surface area (Å²) in [6.45, 7) is 2.39. The van der Waals surface area contributed by atoms with E-state index in [1.165, 1.54) is 30.6 Å². The van der Waals surface area contributed by atoms with Gasteiger partial charge in [-0.1, -0.05) is 11.3 Å². The molecule has 1 aliphatic carbocycles. The zero-order chi connectivity index (χ0) is 29.9. The van der Waals surface area contributed by atoms with Crippen LogP contribution in [0.25, 0.3) is 21.5 Å². The Labute approximate surface area is 251 Å². The van der Waals surface area contributed by atoms with Crippen LogP contribution in [0.4, 0.5) is 9.52 Å². The summed E-state index contributed by atoms with van der Waals surface area (Å²) in [5.41, 5.74) is 7.55. The number of nitrogens with two attached hydrogens (primary N) is 1. The van der Waals surface area contributed by atoms with E-state index in [1.54, 1.807) is 36.8 Å². The lowest BCUT2D eigenvalue weighted by Gasteiger charge is -2.30. The zero-order valence-corrected chi connectivity index (χ0v) is 24.5. The van der Waals surface area contributed by atoms with Crippen LogP contribution in [0, 0.1) is 11.7 Å². The number of hydrogen-bond donors (Lipinski definition) is 2. The van der Waals surface area contributed by atoms with Gasteiger partial charge in [0, 0.05) is 35.5 Å². The Balaban J connectivity index is 1.29. The van der Waals surface area contributed by atoms with Crippen molar-refractivity contribution in [1.29, 1.82) is 0 Å². The van der Waals surface area contributed by atoms with Gasteiger partial charge in [-0.2, -0.15) is 0 Å². The molecule has 9 nitrogen and oxygen atoms in total. The molecular weight excluding hydrogens is 569 g/mol. The number of pyridine rings is 1. The number of fused-ring (bicyclic) bond motifs is 2. The third-order valence-electron chi connectivity index (χ3n) is 8.69. The van der Waals surface area contributed by atoms with Gasteiger partial charge in [0.2, 0.25) is 0 Å². The molecular formula is C32H30FN5O4S. The van der Waals surface area contributed by atoms with E-state index in [0.717, 1.165) is 23.1 Å². The summed E-state index contributed by atoms with van der Waals surface area (Å²) in [7, 11) is 1.53. The number of aliphatic hydroxyl groups is 1. The third-order valence-corrected chi connectivity index (χ3v) is 9.52. The first-order chi connectivity index (χ1) is 20.7. The van der Waals surface area contributed by atoms with E-state index in [4.69, 9.17) is 20.2 Å². The molecule has 5 aromatic rings. The number of ketones is 1. The second kappa shape index (κ2) is 10.1. The quantitative estimate of drug-likeness (QED) is 0.207. The zero-order valence-electron chi connectivity index (χ0n) is 23.7. The van der Waals surface area contributed by atoms with Gasteiger partial charge in [-0.15, -0.1) is 0 Å². The van der Waals surface area contributed by atoms with Crippen molar-refractivity contribution in [2.24, 2.45) is 5.92 Å². The van der Waals surface area contributed by atoms with Crippen molar-refractivity contribution in [2.75, 3.05) is 19.5 Å². The number of rotatable bonds is 9. The molecule has 2 aliphatic rings. The molecule has 0 amide bonds. The molecule has 0 unspecified atom stereocenters. The van der Waals surface area contributed by atoms with E-state index in [1.807, 2.05) is 23.8 Å². The van der Waals surface area contributed by atoms with Gasteiger partial charge in [-0.3, -0.25) is 4.79 Å². The molecule has 1 aliphatic heterocycles. The van der Waals surface area contributed by atoms with Gasteiger partial charge in [-0.05, 0) is 74.6 Å². The number of thiazole rings is 1. The van der Waals surface area contributed by atoms with Crippen LogP contribution in [0.5, 0.6) is 11.5 Å². The number of benzene rings is 2. The molecule has 4 heterocycles. The largest absolute Gasteiger partial charge is 0.494 e. The maximum Gasteiger partial charge on any atom is 0.181 e. The average molecular weight is 600 g/mol. The molecule has 2 aromatic carbocycles. The van der Waals surface area contributed by atoms with Gasteiger partial charge in [0.15, 0.2) is 16.7 Å². The predicted molar refractivity (Wildman–Crippen MR) is 161 cm³/mol. The number of Topliss-reactive ketones (excluding diaryl/α,β-unsaturated/α-hetero) is 1. The van der Waals surface area contributed by atoms with Gasteiger partial charge < -0.3 is 24.9 Å². The number of halogens is 1. The first-order valence-corrected chi connectivity index (χ1v) is 14.9. The van der Waals surface area contributed by atoms with Crippen molar-refractivity contribution in [3.8, 4) is 22.8 Å². The lowest BCUT2D eigenvalue weighted by Crippen LogP contribution is -2.34. The standard InChI is InChI=1S/C32H30FN5O4S/c1-31(38-12-11-35-17-38)16-42-29-22(31)15-26(36-27(29)18-3-7-21(33)8-4-18)32(40,20-5-6-20)10-9-23(39)19-13-24(41-2)28-25(14-19)43-30(34)37-28/h3-4,7-8,11-15,17,20,40H,5-6,9-10,16H2,1-2H3,(H2,34,37)/t31-,32+/m0/s1. The third kappa shape index (κ3) is 4.63. The minimum atomic E-state index is -1.36. The Bertz CT molecular complexity index is 1850. The van der Waals surface area contributed by atoms with Crippen molar-refractivity contribution in [1.82, 2.24) is 19.5 Å². The number of aromatic nitrogens is 4. The maximum absolute atomic E-state index is 13.9. The molecule has 0 radical (unpaired) electrons. The van der Waals surface area contributed by atoms with E-state index in [0.29, 0.717) is 51.3 Å². The number of methoxy groups -OCH3 is 1. The smallest absolute Gasteiger partial charge is 0.181 e. The highest BCUT2D eigenvalue weighted by Gasteiger charge is 2.49. The van der Waals surface area contributed by atoms with Gasteiger partial charge in [0.25, 0.3) is 0 Å². The number of carbonyl (C=O) groups excluding carboxylic acids is 1. The Morgan fingerprint density at radius 2 is 2.05 bits per heavy atom. The summed E-state index contributed by atoms with van der Waals surface area (Å²) in [5, 5.41) is 12.8. The molecule has 2 atom stereocenters. The number of carbonyl (C=O) groups is 1. The van der Waals surface area contributed by atoms with Crippen molar-refractivity contribution < 1.29 is 23.8 Å². The fraction of sp³-hybridized carbons (Fsp3) is 0.312. The van der Waals surface area contributed by atoms with Gasteiger partial charge >= 0.3 is 0 Å². The molecule has 220 valence electrons. The lowest BCUT2D eigenvalue weighted by atomic mass is 9.83. The van der Waals surface area contributed by atoms with Crippen LogP contribution in [0.1, 0.15) is 54.2 Å². The number of imidazole rings is 1. The van der Waals surface area contributed by atoms with Crippen LogP contribution in [0.2, 0.25) is 0 Å². The fourth-order valence-corrected chi connectivity index (χ4v) is 6.83. The maximum atomic E-state index is 13.9. The minimum absolute atomic E-state index is 0.0490. The van der Waals surface area contributed by atoms with Crippen molar-refractivity contribution in [2.45, 2.75) is 43.7 Å². The Kier molecular flexibility index (Phi) is 6.48. The lowest BCUT2D eigenvalue weighted by molar-refractivity contribution is -0.00117. The second-order valence-electron chi connectivity index (χ2n) is 11.5. The Morgan fingerprint density at radius 3 is 2.74 bits per heavy atom. The molecule has 0 saturated heterocycles. The van der Waals surface area contributed by atoms with Gasteiger partial charge in [0.1, 0.15) is 40.5 Å². The number of nitrogen functional groups attached to an aromatic ring is 1. The molecule has 7 rings (SSSR count). The van der Waals surface area contributed by atoms with Gasteiger partial charge in [0.05, 0.1) is 23.8 Å². The van der Waals surface area contributed by atoms with Gasteiger partial charge in [-0.25, -0.2) is 19.3 Å². The van der Waals surface area contributed by atoms with Crippen LogP contribution in [0.15, 0.2) is 61.2 Å². The Hall–Kier alpha value is -4.35. The molecule has 0 bridgehead atoms. The van der Waals surface area contributed by atoms with Crippen molar-refractivity contribution >= 4 is 32.5 Å². The first kappa shape index (κ1) is 27.5. The number of ether oxygens (including phenoxy) is 2. The molecule has 1 fully saturated rings. The van der Waals surface area contributed by atoms with E-state index in [2.05, 4.69) is 9.97 Å². The van der Waals surface area contributed by atoms with Crippen LogP contribution >= 0.6 is 11.3 Å². The SMILES string of the molecule is COc1cc(C(=O)CC[C@](O)(c2cc3c(c(-c4ccc(F)cc4)n2)OC[C@]3(C)n2ccnc2)C2CC2)cc2sc(N)nc12. The highest BCUT2D eigenvalue weighted by molar-refractivity contribution is 7.22. The summed E-state index contributed by atoms with van der Waals surface area (Å²) >= 11 is 1.29. The summed E-state index contributed by atoms with van der Waals surface area (Å²) in [6, 6.07) is 11.4. The van der Waals surface area contributed by atoms with E-state index < -0.39 is 11.1 Å². The highest BCUT2D eigenvalue weighted by Crippen LogP contribution is 2.52. The minimum Gasteiger partial charge on any atom is -0.494 e. The van der Waals surface area contributed by atoms with Crippen LogP contribution < -0.4 is 15.2 Å². The molecule has 3 aromatic heterocycles. The monoisotopic (exact) mass is 599 g/mol. The number of hydrogen-bond acceptors (Lipinski definition) is 9. The van der Waals surface area contributed by atoms with Crippen molar-refractivity contribution in [3.63, 3.8) is 0 Å². The first-order valence-electron chi connectivity index (χ1n) is 14.1. The molecule has 43 heavy (non-hydrogen) atoms. The highest BCUT2D eigenvalue weighted by atomic mass is 32.1. The predicted octanol–water partition coefficient (Wildman–Crippen LogP) is 5.70. The molecule has 1 saturated carbocycles. The van der Waals surface area contributed by atoms with Crippen LogP contribution in [0.3, 0.4) is 0 Å². The summed E-state index contributed by atoms with van der Waals surface area (Å²) in [5.74, 6) is 0.536. The van der Waals surface area contributed by atoms with E-state index >= 15 is 0 Å². The second-order valence-corrected chi connectivity index (χ2v) is 12.5. The molecule has 3 N–H and O–H groups in total. The number of nitrogens with zero attached hydrogens (tertiary/aromatic N) is 4. The van der Waals surface area contributed by atoms with Crippen molar-refractivity contribution in [3.05, 3.63) is 83.8 Å². The van der Waals surface area contributed by atoms with Crippen LogP contribution in [-0.4, -0.2) is 44.1 Å². The Morgan fingerprint density at radius 1 is 1.26 bits per heavy atom. The number of anilines is 1. The summed E-state index contributed by atoms with van der Waals surface area (Å²) in [6.07, 6.45) is 7.25. The molecule has 11 heteroatoms.